The lowest BCUT2D eigenvalue weighted by Gasteiger charge is -2.19. The molecule has 1 aromatic carbocycles. The van der Waals surface area contributed by atoms with Gasteiger partial charge in [0.1, 0.15) is 4.99 Å². The number of hydrogen-bond donors (Lipinski definition) is 1. The topological polar surface area (TPSA) is 42.1 Å². The molecule has 0 aliphatic heterocycles. The van der Waals surface area contributed by atoms with E-state index in [9.17, 15) is 4.39 Å². The molecule has 0 spiro atoms. The molecule has 0 amide bonds. The standard InChI is InChI=1S/C13H11ClFN3S/c1-18(13-11(15)6-9(14)7-17-13)10-4-2-8(3-5-10)12(16)19/h2-7H,1H3,(H2,16,19). The number of hydrogen-bond acceptors (Lipinski definition) is 3. The van der Waals surface area contributed by atoms with Gasteiger partial charge in [-0.15, -0.1) is 0 Å². The molecule has 0 fully saturated rings. The summed E-state index contributed by atoms with van der Waals surface area (Å²) in [6.45, 7) is 0. The van der Waals surface area contributed by atoms with Crippen LogP contribution in [0.1, 0.15) is 5.56 Å². The third kappa shape index (κ3) is 3.00. The van der Waals surface area contributed by atoms with Crippen LogP contribution in [0, 0.1) is 5.82 Å². The molecular weight excluding hydrogens is 285 g/mol. The smallest absolute Gasteiger partial charge is 0.169 e. The maximum Gasteiger partial charge on any atom is 0.169 e. The predicted octanol–water partition coefficient (Wildman–Crippen LogP) is 3.28. The van der Waals surface area contributed by atoms with Crippen molar-refractivity contribution in [1.29, 1.82) is 0 Å². The molecule has 0 bridgehead atoms. The minimum absolute atomic E-state index is 0.201. The van der Waals surface area contributed by atoms with Crippen LogP contribution in [0.2, 0.25) is 5.02 Å². The van der Waals surface area contributed by atoms with Crippen molar-refractivity contribution >= 4 is 40.3 Å². The van der Waals surface area contributed by atoms with Crippen molar-refractivity contribution in [3.05, 3.63) is 52.9 Å². The number of halogens is 2. The summed E-state index contributed by atoms with van der Waals surface area (Å²) in [6, 6.07) is 8.38. The van der Waals surface area contributed by atoms with E-state index in [-0.39, 0.29) is 10.8 Å². The van der Waals surface area contributed by atoms with Crippen LogP contribution in [-0.4, -0.2) is 17.0 Å². The normalized spacial score (nSPS) is 10.3. The highest BCUT2D eigenvalue weighted by atomic mass is 35.5. The number of thiocarbonyl (C=S) groups is 1. The van der Waals surface area contributed by atoms with E-state index in [2.05, 4.69) is 4.98 Å². The van der Waals surface area contributed by atoms with Gasteiger partial charge in [-0.3, -0.25) is 0 Å². The van der Waals surface area contributed by atoms with Gasteiger partial charge in [-0.05, 0) is 30.3 Å². The first-order valence-electron chi connectivity index (χ1n) is 5.43. The fourth-order valence-electron chi connectivity index (χ4n) is 1.63. The van der Waals surface area contributed by atoms with E-state index in [0.29, 0.717) is 4.99 Å². The Morgan fingerprint density at radius 3 is 2.53 bits per heavy atom. The summed E-state index contributed by atoms with van der Waals surface area (Å²) in [5, 5.41) is 0.262. The first-order chi connectivity index (χ1) is 8.99. The Balaban J connectivity index is 2.33. The van der Waals surface area contributed by atoms with Crippen LogP contribution >= 0.6 is 23.8 Å². The molecule has 0 atom stereocenters. The highest BCUT2D eigenvalue weighted by Gasteiger charge is 2.11. The van der Waals surface area contributed by atoms with Crippen LogP contribution in [0.25, 0.3) is 0 Å². The van der Waals surface area contributed by atoms with Crippen molar-refractivity contribution in [2.45, 2.75) is 0 Å². The molecule has 98 valence electrons. The first kappa shape index (κ1) is 13.7. The van der Waals surface area contributed by atoms with Crippen LogP contribution in [0.5, 0.6) is 0 Å². The van der Waals surface area contributed by atoms with Gasteiger partial charge in [0.15, 0.2) is 11.6 Å². The van der Waals surface area contributed by atoms with Crippen molar-refractivity contribution in [3.8, 4) is 0 Å². The van der Waals surface area contributed by atoms with Gasteiger partial charge >= 0.3 is 0 Å². The van der Waals surface area contributed by atoms with E-state index in [1.54, 1.807) is 36.2 Å². The molecule has 0 aliphatic rings. The number of rotatable bonds is 3. The fraction of sp³-hybridized carbons (Fsp3) is 0.0769. The molecule has 0 saturated carbocycles. The minimum atomic E-state index is -0.478. The number of pyridine rings is 1. The van der Waals surface area contributed by atoms with Crippen molar-refractivity contribution in [1.82, 2.24) is 4.98 Å². The number of anilines is 2. The molecule has 19 heavy (non-hydrogen) atoms. The monoisotopic (exact) mass is 295 g/mol. The molecule has 6 heteroatoms. The third-order valence-electron chi connectivity index (χ3n) is 2.65. The summed E-state index contributed by atoms with van der Waals surface area (Å²) in [4.78, 5) is 5.92. The number of nitrogens with zero attached hydrogens (tertiary/aromatic N) is 2. The van der Waals surface area contributed by atoms with Gasteiger partial charge in [-0.2, -0.15) is 0 Å². The van der Waals surface area contributed by atoms with Crippen LogP contribution in [0.3, 0.4) is 0 Å². The number of aromatic nitrogens is 1. The van der Waals surface area contributed by atoms with E-state index >= 15 is 0 Å². The van der Waals surface area contributed by atoms with Crippen molar-refractivity contribution < 1.29 is 4.39 Å². The molecule has 0 unspecified atom stereocenters. The lowest BCUT2D eigenvalue weighted by atomic mass is 10.2. The van der Waals surface area contributed by atoms with E-state index in [0.717, 1.165) is 11.3 Å². The maximum absolute atomic E-state index is 13.8. The first-order valence-corrected chi connectivity index (χ1v) is 6.22. The third-order valence-corrected chi connectivity index (χ3v) is 3.09. The maximum atomic E-state index is 13.8. The highest BCUT2D eigenvalue weighted by Crippen LogP contribution is 2.25. The molecular formula is C13H11ClFN3S. The van der Waals surface area contributed by atoms with E-state index in [4.69, 9.17) is 29.6 Å². The lowest BCUT2D eigenvalue weighted by molar-refractivity contribution is 0.621. The van der Waals surface area contributed by atoms with Crippen molar-refractivity contribution in [2.75, 3.05) is 11.9 Å². The molecule has 2 N–H and O–H groups in total. The quantitative estimate of drug-likeness (QED) is 0.883. The zero-order valence-corrected chi connectivity index (χ0v) is 11.7. The molecule has 0 saturated heterocycles. The SMILES string of the molecule is CN(c1ccc(C(N)=S)cc1)c1ncc(Cl)cc1F. The summed E-state index contributed by atoms with van der Waals surface area (Å²) in [5.41, 5.74) is 7.06. The second kappa shape index (κ2) is 5.50. The summed E-state index contributed by atoms with van der Waals surface area (Å²) >= 11 is 10.6. The van der Waals surface area contributed by atoms with Gasteiger partial charge in [0.2, 0.25) is 0 Å². The second-order valence-corrected chi connectivity index (χ2v) is 4.81. The van der Waals surface area contributed by atoms with Gasteiger partial charge in [-0.1, -0.05) is 23.8 Å². The number of benzene rings is 1. The van der Waals surface area contributed by atoms with Crippen molar-refractivity contribution in [3.63, 3.8) is 0 Å². The van der Waals surface area contributed by atoms with Gasteiger partial charge in [0, 0.05) is 24.5 Å². The largest absolute Gasteiger partial charge is 0.389 e. The van der Waals surface area contributed by atoms with E-state index in [1.807, 2.05) is 0 Å². The second-order valence-electron chi connectivity index (χ2n) is 3.93. The van der Waals surface area contributed by atoms with Crippen molar-refractivity contribution in [2.24, 2.45) is 5.73 Å². The molecule has 1 heterocycles. The van der Waals surface area contributed by atoms with Gasteiger partial charge < -0.3 is 10.6 Å². The molecule has 1 aromatic heterocycles. The Morgan fingerprint density at radius 1 is 1.37 bits per heavy atom. The Kier molecular flexibility index (Phi) is 3.97. The Bertz CT molecular complexity index is 616. The predicted molar refractivity (Wildman–Crippen MR) is 79.6 cm³/mol. The summed E-state index contributed by atoms with van der Waals surface area (Å²) in [5.74, 6) is -0.277. The summed E-state index contributed by atoms with van der Waals surface area (Å²) in [7, 11) is 1.72. The highest BCUT2D eigenvalue weighted by molar-refractivity contribution is 7.80. The average molecular weight is 296 g/mol. The van der Waals surface area contributed by atoms with E-state index in [1.165, 1.54) is 12.3 Å². The fourth-order valence-corrected chi connectivity index (χ4v) is 1.91. The lowest BCUT2D eigenvalue weighted by Crippen LogP contribution is -2.14. The van der Waals surface area contributed by atoms with Gasteiger partial charge in [-0.25, -0.2) is 9.37 Å². The average Bonchev–Trinajstić information content (AvgIpc) is 2.38. The number of nitrogens with two attached hydrogens (primary N) is 1. The van der Waals surface area contributed by atoms with Crippen LogP contribution in [0.4, 0.5) is 15.9 Å². The zero-order valence-electron chi connectivity index (χ0n) is 10.1. The molecule has 2 rings (SSSR count). The van der Waals surface area contributed by atoms with Gasteiger partial charge in [0.05, 0.1) is 5.02 Å². The Hall–Kier alpha value is -1.72. The zero-order chi connectivity index (χ0) is 14.0. The Labute approximate surface area is 120 Å². The van der Waals surface area contributed by atoms with Crippen LogP contribution in [-0.2, 0) is 0 Å². The van der Waals surface area contributed by atoms with Gasteiger partial charge in [0.25, 0.3) is 0 Å². The molecule has 2 aromatic rings. The van der Waals surface area contributed by atoms with Crippen LogP contribution in [0.15, 0.2) is 36.5 Å². The van der Waals surface area contributed by atoms with Crippen LogP contribution < -0.4 is 10.6 Å². The van der Waals surface area contributed by atoms with E-state index < -0.39 is 5.82 Å². The molecule has 0 aliphatic carbocycles. The summed E-state index contributed by atoms with van der Waals surface area (Å²) < 4.78 is 13.8. The minimum Gasteiger partial charge on any atom is -0.389 e. The molecule has 3 nitrogen and oxygen atoms in total. The summed E-state index contributed by atoms with van der Waals surface area (Å²) in [6.07, 6.45) is 1.40. The molecule has 0 radical (unpaired) electrons. The Morgan fingerprint density at radius 2 is 2.00 bits per heavy atom.